The van der Waals surface area contributed by atoms with Crippen LogP contribution in [0.15, 0.2) is 34.9 Å². The minimum absolute atomic E-state index is 0.0334. The van der Waals surface area contributed by atoms with Crippen LogP contribution in [0.5, 0.6) is 11.5 Å². The third-order valence-corrected chi connectivity index (χ3v) is 4.96. The lowest BCUT2D eigenvalue weighted by molar-refractivity contribution is -0.138. The van der Waals surface area contributed by atoms with Crippen LogP contribution in [0.3, 0.4) is 0 Å². The molecule has 172 valence electrons. The lowest BCUT2D eigenvalue weighted by atomic mass is 10.2. The van der Waals surface area contributed by atoms with Crippen LogP contribution in [0.25, 0.3) is 5.69 Å². The van der Waals surface area contributed by atoms with Gasteiger partial charge in [0.25, 0.3) is 0 Å². The van der Waals surface area contributed by atoms with E-state index in [9.17, 15) is 31.1 Å². The highest BCUT2D eigenvalue weighted by atomic mass is 79.9. The number of nitriles is 1. The van der Waals surface area contributed by atoms with Gasteiger partial charge in [-0.05, 0) is 34.1 Å². The molecule has 33 heavy (non-hydrogen) atoms. The molecule has 3 rings (SSSR count). The van der Waals surface area contributed by atoms with Gasteiger partial charge in [0, 0.05) is 12.3 Å². The molecule has 0 spiro atoms. The monoisotopic (exact) mass is 533 g/mol. The molecule has 0 aliphatic carbocycles. The molecule has 0 radical (unpaired) electrons. The van der Waals surface area contributed by atoms with Crippen molar-refractivity contribution < 1.29 is 40.6 Å². The molecule has 0 aliphatic rings. The third kappa shape index (κ3) is 4.47. The number of esters is 1. The number of hydrogen-bond acceptors (Lipinski definition) is 5. The number of nitrogen functional groups attached to an aromatic ring is 1. The second kappa shape index (κ2) is 8.70. The number of nitrogens with two attached hydrogens (primary N) is 1. The van der Waals surface area contributed by atoms with Crippen LogP contribution in [0.4, 0.5) is 32.0 Å². The van der Waals surface area contributed by atoms with E-state index in [1.54, 1.807) is 6.07 Å². The lowest BCUT2D eigenvalue weighted by Crippen LogP contribution is -2.12. The van der Waals surface area contributed by atoms with Crippen LogP contribution in [0.2, 0.25) is 0 Å². The Morgan fingerprint density at radius 1 is 1.12 bits per heavy atom. The van der Waals surface area contributed by atoms with Crippen molar-refractivity contribution in [1.29, 1.82) is 5.26 Å². The molecule has 0 atom stereocenters. The first-order chi connectivity index (χ1) is 15.4. The standard InChI is InChI=1S/C20H10BrF6N3O3/c1-32-19(31)17-16(29)8(6-28)7-30(17)14-4-10(21)15(5-11(14)22)33-18-12(23)2-9(3-13(18)24)20(25,26)27/h2-5,7H,29H2,1H3. The van der Waals surface area contributed by atoms with Crippen LogP contribution in [0.1, 0.15) is 21.6 Å². The van der Waals surface area contributed by atoms with Crippen molar-refractivity contribution in [2.45, 2.75) is 6.18 Å². The Kier molecular flexibility index (Phi) is 6.33. The molecular weight excluding hydrogens is 524 g/mol. The molecule has 0 bridgehead atoms. The van der Waals surface area contributed by atoms with E-state index in [1.165, 1.54) is 0 Å². The summed E-state index contributed by atoms with van der Waals surface area (Å²) < 4.78 is 91.6. The number of ether oxygens (including phenoxy) is 2. The molecule has 0 aliphatic heterocycles. The second-order valence-corrected chi connectivity index (χ2v) is 7.24. The quantitative estimate of drug-likeness (QED) is 0.342. The summed E-state index contributed by atoms with van der Waals surface area (Å²) in [6.45, 7) is 0. The van der Waals surface area contributed by atoms with Crippen molar-refractivity contribution in [3.05, 3.63) is 69.2 Å². The smallest absolute Gasteiger partial charge is 0.416 e. The number of carbonyl (C=O) groups is 1. The third-order valence-electron chi connectivity index (χ3n) is 4.34. The predicted molar refractivity (Wildman–Crippen MR) is 105 cm³/mol. The lowest BCUT2D eigenvalue weighted by Gasteiger charge is -2.15. The number of methoxy groups -OCH3 is 1. The van der Waals surface area contributed by atoms with E-state index < -0.39 is 46.7 Å². The van der Waals surface area contributed by atoms with Gasteiger partial charge < -0.3 is 19.8 Å². The van der Waals surface area contributed by atoms with E-state index in [0.717, 1.165) is 23.9 Å². The van der Waals surface area contributed by atoms with E-state index in [2.05, 4.69) is 20.7 Å². The van der Waals surface area contributed by atoms with Crippen molar-refractivity contribution in [1.82, 2.24) is 4.57 Å². The van der Waals surface area contributed by atoms with E-state index in [0.29, 0.717) is 6.07 Å². The van der Waals surface area contributed by atoms with Crippen LogP contribution >= 0.6 is 15.9 Å². The van der Waals surface area contributed by atoms with Gasteiger partial charge in [0.15, 0.2) is 28.9 Å². The maximum absolute atomic E-state index is 14.9. The van der Waals surface area contributed by atoms with Gasteiger partial charge in [-0.25, -0.2) is 18.0 Å². The average Bonchev–Trinajstić information content (AvgIpc) is 3.07. The van der Waals surface area contributed by atoms with Crippen LogP contribution < -0.4 is 10.5 Å². The summed E-state index contributed by atoms with van der Waals surface area (Å²) in [6, 6.07) is 3.51. The fraction of sp³-hybridized carbons (Fsp3) is 0.100. The molecule has 1 aromatic heterocycles. The molecule has 0 unspecified atom stereocenters. The maximum atomic E-state index is 14.9. The number of alkyl halides is 3. The topological polar surface area (TPSA) is 90.3 Å². The van der Waals surface area contributed by atoms with Gasteiger partial charge >= 0.3 is 12.1 Å². The molecular formula is C20H10BrF6N3O3. The molecule has 2 N–H and O–H groups in total. The number of rotatable bonds is 4. The van der Waals surface area contributed by atoms with Crippen LogP contribution in [-0.2, 0) is 10.9 Å². The van der Waals surface area contributed by atoms with Crippen molar-refractivity contribution in [3.8, 4) is 23.3 Å². The minimum Gasteiger partial charge on any atom is -0.464 e. The minimum atomic E-state index is -4.99. The van der Waals surface area contributed by atoms with Gasteiger partial charge in [-0.2, -0.15) is 18.4 Å². The molecule has 0 amide bonds. The van der Waals surface area contributed by atoms with Gasteiger partial charge in [0.2, 0.25) is 0 Å². The number of aromatic nitrogens is 1. The van der Waals surface area contributed by atoms with E-state index in [4.69, 9.17) is 15.7 Å². The Balaban J connectivity index is 2.08. The zero-order valence-electron chi connectivity index (χ0n) is 16.2. The Morgan fingerprint density at radius 2 is 1.73 bits per heavy atom. The Morgan fingerprint density at radius 3 is 2.24 bits per heavy atom. The summed E-state index contributed by atoms with van der Waals surface area (Å²) in [7, 11) is 1.04. The van der Waals surface area contributed by atoms with Crippen LogP contribution in [-0.4, -0.2) is 17.6 Å². The number of nitrogens with zero attached hydrogens (tertiary/aromatic N) is 2. The van der Waals surface area contributed by atoms with Gasteiger partial charge in [0.05, 0.1) is 34.1 Å². The highest BCUT2D eigenvalue weighted by molar-refractivity contribution is 9.10. The van der Waals surface area contributed by atoms with Gasteiger partial charge in [0.1, 0.15) is 11.8 Å². The summed E-state index contributed by atoms with van der Waals surface area (Å²) in [5.41, 5.74) is 3.09. The SMILES string of the molecule is COC(=O)c1c(N)c(C#N)cn1-c1cc(Br)c(Oc2c(F)cc(C(F)(F)F)cc2F)cc1F. The Bertz CT molecular complexity index is 1290. The maximum Gasteiger partial charge on any atom is 0.416 e. The second-order valence-electron chi connectivity index (χ2n) is 6.38. The average molecular weight is 534 g/mol. The number of carbonyl (C=O) groups excluding carboxylic acids is 1. The molecule has 0 saturated heterocycles. The molecule has 0 fully saturated rings. The molecule has 2 aromatic carbocycles. The first kappa shape index (κ1) is 24.0. The number of benzene rings is 2. The van der Waals surface area contributed by atoms with Crippen molar-refractivity contribution in [2.24, 2.45) is 0 Å². The molecule has 0 saturated carbocycles. The molecule has 6 nitrogen and oxygen atoms in total. The molecule has 13 heteroatoms. The summed E-state index contributed by atoms with van der Waals surface area (Å²) in [5.74, 6) is -7.08. The summed E-state index contributed by atoms with van der Waals surface area (Å²) >= 11 is 3.01. The van der Waals surface area contributed by atoms with E-state index in [-0.39, 0.29) is 39.2 Å². The van der Waals surface area contributed by atoms with Crippen molar-refractivity contribution >= 4 is 27.6 Å². The summed E-state index contributed by atoms with van der Waals surface area (Å²) in [4.78, 5) is 12.1. The first-order valence-corrected chi connectivity index (χ1v) is 9.41. The van der Waals surface area contributed by atoms with Crippen LogP contribution in [0, 0.1) is 28.8 Å². The summed E-state index contributed by atoms with van der Waals surface area (Å²) in [6.07, 6.45) is -3.92. The zero-order chi connectivity index (χ0) is 24.7. The Labute approximate surface area is 189 Å². The van der Waals surface area contributed by atoms with Gasteiger partial charge in [-0.15, -0.1) is 0 Å². The normalized spacial score (nSPS) is 11.2. The van der Waals surface area contributed by atoms with Crippen molar-refractivity contribution in [3.63, 3.8) is 0 Å². The number of halogens is 7. The fourth-order valence-electron chi connectivity index (χ4n) is 2.82. The molecule has 3 aromatic rings. The zero-order valence-corrected chi connectivity index (χ0v) is 17.8. The van der Waals surface area contributed by atoms with Gasteiger partial charge in [-0.3, -0.25) is 0 Å². The molecule has 1 heterocycles. The summed E-state index contributed by atoms with van der Waals surface area (Å²) in [5, 5.41) is 9.15. The van der Waals surface area contributed by atoms with Crippen molar-refractivity contribution in [2.75, 3.05) is 12.8 Å². The predicted octanol–water partition coefficient (Wildman–Crippen LogP) is 5.71. The first-order valence-electron chi connectivity index (χ1n) is 8.61. The number of anilines is 1. The highest BCUT2D eigenvalue weighted by Crippen LogP contribution is 2.39. The van der Waals surface area contributed by atoms with E-state index in [1.807, 2.05) is 0 Å². The largest absolute Gasteiger partial charge is 0.464 e. The highest BCUT2D eigenvalue weighted by Gasteiger charge is 2.33. The van der Waals surface area contributed by atoms with E-state index >= 15 is 0 Å². The number of hydrogen-bond donors (Lipinski definition) is 1. The van der Waals surface area contributed by atoms with Gasteiger partial charge in [-0.1, -0.05) is 0 Å². The fourth-order valence-corrected chi connectivity index (χ4v) is 3.23. The Hall–Kier alpha value is -3.66.